The number of nitrogens with one attached hydrogen (secondary N) is 1. The lowest BCUT2D eigenvalue weighted by Crippen LogP contribution is -2.38. The number of aryl methyl sites for hydroxylation is 1. The van der Waals surface area contributed by atoms with Crippen LogP contribution in [-0.4, -0.2) is 14.2 Å². The van der Waals surface area contributed by atoms with Crippen molar-refractivity contribution in [3.05, 3.63) is 91.6 Å². The average Bonchev–Trinajstić information content (AvgIpc) is 3.19. The number of hydrogen-bond donors (Lipinski definition) is 1. The van der Waals surface area contributed by atoms with E-state index in [1.165, 1.54) is 21.8 Å². The lowest BCUT2D eigenvalue weighted by Gasteiger charge is -2.29. The highest BCUT2D eigenvalue weighted by Gasteiger charge is 2.41. The van der Waals surface area contributed by atoms with Gasteiger partial charge in [-0.2, -0.15) is 0 Å². The summed E-state index contributed by atoms with van der Waals surface area (Å²) in [5.74, 6) is -0.495. The third-order valence-electron chi connectivity index (χ3n) is 5.11. The summed E-state index contributed by atoms with van der Waals surface area (Å²) in [4.78, 5) is 13.1. The standard InChI is InChI=1S/C22H19ClN2O3S2/c1-14-4-3-5-18(15(14)2)24-12-20-21(26)22-19(10-11-29-22)25(30(20,27)28)13-16-6-8-17(23)9-7-16/h3-12,24H,13H2,1-2H3/b20-12-. The second kappa shape index (κ2) is 7.91. The van der Waals surface area contributed by atoms with Gasteiger partial charge in [-0.05, 0) is 60.2 Å². The molecule has 4 rings (SSSR count). The molecule has 1 aromatic heterocycles. The molecule has 0 atom stereocenters. The van der Waals surface area contributed by atoms with Crippen molar-refractivity contribution in [1.29, 1.82) is 0 Å². The third kappa shape index (κ3) is 3.64. The molecule has 8 heteroatoms. The summed E-state index contributed by atoms with van der Waals surface area (Å²) in [6, 6.07) is 14.3. The normalized spacial score (nSPS) is 16.6. The van der Waals surface area contributed by atoms with Crippen LogP contribution in [0.4, 0.5) is 11.4 Å². The van der Waals surface area contributed by atoms with Crippen LogP contribution < -0.4 is 9.62 Å². The molecule has 0 unspecified atom stereocenters. The van der Waals surface area contributed by atoms with Crippen LogP contribution in [0.2, 0.25) is 5.02 Å². The Labute approximate surface area is 184 Å². The van der Waals surface area contributed by atoms with E-state index in [0.717, 1.165) is 22.4 Å². The number of allylic oxidation sites excluding steroid dienone is 1. The fraction of sp³-hybridized carbons (Fsp3) is 0.136. The van der Waals surface area contributed by atoms with Crippen LogP contribution in [-0.2, 0) is 16.6 Å². The van der Waals surface area contributed by atoms with Gasteiger partial charge >= 0.3 is 0 Å². The van der Waals surface area contributed by atoms with Crippen molar-refractivity contribution < 1.29 is 13.2 Å². The Kier molecular flexibility index (Phi) is 5.44. The largest absolute Gasteiger partial charge is 0.360 e. The number of hydrogen-bond acceptors (Lipinski definition) is 5. The minimum Gasteiger partial charge on any atom is -0.360 e. The van der Waals surface area contributed by atoms with Crippen molar-refractivity contribution in [1.82, 2.24) is 0 Å². The Morgan fingerprint density at radius 3 is 2.57 bits per heavy atom. The first-order valence-corrected chi connectivity index (χ1v) is 11.9. The molecular weight excluding hydrogens is 440 g/mol. The zero-order valence-electron chi connectivity index (χ0n) is 16.3. The van der Waals surface area contributed by atoms with Gasteiger partial charge in [0, 0.05) is 16.9 Å². The summed E-state index contributed by atoms with van der Waals surface area (Å²) in [6.07, 6.45) is 1.30. The number of ketones is 1. The number of halogens is 1. The fourth-order valence-electron chi connectivity index (χ4n) is 3.26. The predicted octanol–water partition coefficient (Wildman–Crippen LogP) is 5.50. The third-order valence-corrected chi connectivity index (χ3v) is 8.03. The molecule has 0 saturated heterocycles. The van der Waals surface area contributed by atoms with Gasteiger partial charge in [0.05, 0.1) is 12.2 Å². The first-order valence-electron chi connectivity index (χ1n) is 9.21. The highest BCUT2D eigenvalue weighted by molar-refractivity contribution is 7.97. The number of carbonyl (C=O) groups excluding carboxylic acids is 1. The molecule has 0 saturated carbocycles. The Morgan fingerprint density at radius 2 is 1.83 bits per heavy atom. The molecule has 0 fully saturated rings. The van der Waals surface area contributed by atoms with E-state index in [-0.39, 0.29) is 11.4 Å². The molecule has 154 valence electrons. The van der Waals surface area contributed by atoms with E-state index in [2.05, 4.69) is 5.32 Å². The second-order valence-corrected chi connectivity index (χ2v) is 10.2. The molecule has 0 spiro atoms. The van der Waals surface area contributed by atoms with Crippen LogP contribution in [0.15, 0.2) is 65.0 Å². The van der Waals surface area contributed by atoms with E-state index in [9.17, 15) is 13.2 Å². The van der Waals surface area contributed by atoms with Gasteiger partial charge in [-0.3, -0.25) is 9.10 Å². The monoisotopic (exact) mass is 458 g/mol. The van der Waals surface area contributed by atoms with E-state index in [0.29, 0.717) is 15.6 Å². The summed E-state index contributed by atoms with van der Waals surface area (Å²) < 4.78 is 28.1. The number of rotatable bonds is 4. The number of thiophene rings is 1. The van der Waals surface area contributed by atoms with Gasteiger partial charge in [0.15, 0.2) is 4.91 Å². The van der Waals surface area contributed by atoms with Crippen molar-refractivity contribution in [3.63, 3.8) is 0 Å². The minimum absolute atomic E-state index is 0.108. The maximum Gasteiger partial charge on any atom is 0.270 e. The lowest BCUT2D eigenvalue weighted by atomic mass is 10.1. The SMILES string of the molecule is Cc1cccc(N/C=C2/C(=O)c3sccc3N(Cc3ccc(Cl)cc3)S2(=O)=O)c1C. The van der Waals surface area contributed by atoms with Gasteiger partial charge in [0.25, 0.3) is 10.0 Å². The van der Waals surface area contributed by atoms with Gasteiger partial charge in [0.2, 0.25) is 5.78 Å². The van der Waals surface area contributed by atoms with Crippen molar-refractivity contribution in [2.24, 2.45) is 0 Å². The molecule has 1 aliphatic rings. The van der Waals surface area contributed by atoms with Gasteiger partial charge in [-0.25, -0.2) is 8.42 Å². The average molecular weight is 459 g/mol. The lowest BCUT2D eigenvalue weighted by molar-refractivity contribution is 0.104. The molecule has 5 nitrogen and oxygen atoms in total. The molecule has 0 radical (unpaired) electrons. The van der Waals surface area contributed by atoms with Crippen LogP contribution in [0.3, 0.4) is 0 Å². The van der Waals surface area contributed by atoms with Crippen molar-refractivity contribution in [3.8, 4) is 0 Å². The highest BCUT2D eigenvalue weighted by Crippen LogP contribution is 2.39. The topological polar surface area (TPSA) is 66.5 Å². The number of nitrogens with zero attached hydrogens (tertiary/aromatic N) is 1. The number of sulfonamides is 1. The number of anilines is 2. The number of carbonyl (C=O) groups is 1. The molecule has 3 aromatic rings. The van der Waals surface area contributed by atoms with Gasteiger partial charge in [0.1, 0.15) is 4.88 Å². The molecule has 0 bridgehead atoms. The van der Waals surface area contributed by atoms with E-state index >= 15 is 0 Å². The molecule has 1 N–H and O–H groups in total. The summed E-state index contributed by atoms with van der Waals surface area (Å²) in [5, 5.41) is 5.33. The quantitative estimate of drug-likeness (QED) is 0.524. The van der Waals surface area contributed by atoms with Crippen molar-refractivity contribution >= 4 is 50.1 Å². The zero-order valence-corrected chi connectivity index (χ0v) is 18.7. The minimum atomic E-state index is -4.04. The van der Waals surface area contributed by atoms with Crippen molar-refractivity contribution in [2.45, 2.75) is 20.4 Å². The second-order valence-electron chi connectivity index (χ2n) is 7.00. The number of Topliss-reactive ketones (excluding diaryl/α,β-unsaturated/α-hetero) is 1. The molecule has 30 heavy (non-hydrogen) atoms. The predicted molar refractivity (Wildman–Crippen MR) is 123 cm³/mol. The Bertz CT molecular complexity index is 1260. The molecule has 0 amide bonds. The molecule has 1 aliphatic heterocycles. The van der Waals surface area contributed by atoms with Crippen LogP contribution in [0.1, 0.15) is 26.4 Å². The zero-order chi connectivity index (χ0) is 21.5. The Hall–Kier alpha value is -2.61. The molecular formula is C22H19ClN2O3S2. The van der Waals surface area contributed by atoms with E-state index in [1.54, 1.807) is 35.7 Å². The van der Waals surface area contributed by atoms with E-state index in [4.69, 9.17) is 11.6 Å². The molecule has 0 aliphatic carbocycles. The van der Waals surface area contributed by atoms with E-state index in [1.807, 2.05) is 32.0 Å². The van der Waals surface area contributed by atoms with Gasteiger partial charge in [-0.1, -0.05) is 35.9 Å². The Balaban J connectivity index is 1.75. The summed E-state index contributed by atoms with van der Waals surface area (Å²) in [6.45, 7) is 4.02. The highest BCUT2D eigenvalue weighted by atomic mass is 35.5. The van der Waals surface area contributed by atoms with Crippen LogP contribution in [0.5, 0.6) is 0 Å². The van der Waals surface area contributed by atoms with Gasteiger partial charge < -0.3 is 5.32 Å². The van der Waals surface area contributed by atoms with E-state index < -0.39 is 15.8 Å². The first-order chi connectivity index (χ1) is 14.3. The fourth-order valence-corrected chi connectivity index (χ4v) is 5.87. The number of fused-ring (bicyclic) bond motifs is 1. The summed E-state index contributed by atoms with van der Waals surface area (Å²) in [5.41, 5.74) is 4.00. The summed E-state index contributed by atoms with van der Waals surface area (Å²) in [7, 11) is -4.04. The van der Waals surface area contributed by atoms with Crippen LogP contribution in [0, 0.1) is 13.8 Å². The maximum absolute atomic E-state index is 13.4. The number of benzene rings is 2. The maximum atomic E-state index is 13.4. The van der Waals surface area contributed by atoms with Gasteiger partial charge in [-0.15, -0.1) is 11.3 Å². The summed E-state index contributed by atoms with van der Waals surface area (Å²) >= 11 is 7.18. The smallest absolute Gasteiger partial charge is 0.270 e. The Morgan fingerprint density at radius 1 is 1.10 bits per heavy atom. The molecule has 2 heterocycles. The van der Waals surface area contributed by atoms with Crippen LogP contribution >= 0.6 is 22.9 Å². The van der Waals surface area contributed by atoms with Crippen molar-refractivity contribution in [2.75, 3.05) is 9.62 Å². The van der Waals surface area contributed by atoms with Crippen LogP contribution in [0.25, 0.3) is 0 Å². The first kappa shape index (κ1) is 20.7. The molecule has 2 aromatic carbocycles.